The summed E-state index contributed by atoms with van der Waals surface area (Å²) < 4.78 is 7.65. The summed E-state index contributed by atoms with van der Waals surface area (Å²) in [5.74, 6) is -0.954. The Labute approximate surface area is 240 Å². The summed E-state index contributed by atoms with van der Waals surface area (Å²) in [7, 11) is 0. The highest BCUT2D eigenvalue weighted by Crippen LogP contribution is 2.44. The van der Waals surface area contributed by atoms with Gasteiger partial charge in [-0.1, -0.05) is 72.9 Å². The van der Waals surface area contributed by atoms with Gasteiger partial charge in [0.1, 0.15) is 18.2 Å². The second kappa shape index (κ2) is 12.6. The summed E-state index contributed by atoms with van der Waals surface area (Å²) in [5, 5.41) is 10.7. The second-order valence-electron chi connectivity index (χ2n) is 8.95. The van der Waals surface area contributed by atoms with Crippen LogP contribution in [0.5, 0.6) is 0 Å². The fourth-order valence-corrected chi connectivity index (χ4v) is 5.34. The van der Waals surface area contributed by atoms with Gasteiger partial charge < -0.3 is 9.64 Å². The van der Waals surface area contributed by atoms with Crippen molar-refractivity contribution in [3.8, 4) is 0 Å². The Morgan fingerprint density at radius 3 is 2.11 bits per heavy atom. The Morgan fingerprint density at radius 1 is 1.00 bits per heavy atom. The molecule has 0 spiro atoms. The number of benzene rings is 3. The van der Waals surface area contributed by atoms with Gasteiger partial charge in [-0.05, 0) is 82.1 Å². The number of hydrogen-bond acceptors (Lipinski definition) is 4. The van der Waals surface area contributed by atoms with Crippen molar-refractivity contribution in [1.82, 2.24) is 10.4 Å². The zero-order valence-corrected chi connectivity index (χ0v) is 23.8. The fourth-order valence-electron chi connectivity index (χ4n) is 4.73. The van der Waals surface area contributed by atoms with Crippen LogP contribution in [0.3, 0.4) is 0 Å². The molecule has 0 unspecified atom stereocenters. The van der Waals surface area contributed by atoms with Gasteiger partial charge in [0.2, 0.25) is 0 Å². The molecule has 0 radical (unpaired) electrons. The predicted molar refractivity (Wildman–Crippen MR) is 152 cm³/mol. The molecule has 1 aliphatic rings. The van der Waals surface area contributed by atoms with E-state index in [4.69, 9.17) is 27.9 Å². The predicted octanol–water partition coefficient (Wildman–Crippen LogP) is 6.52. The average Bonchev–Trinajstić information content (AvgIpc) is 2.90. The van der Waals surface area contributed by atoms with Crippen molar-refractivity contribution in [3.63, 3.8) is 0 Å². The van der Waals surface area contributed by atoms with Crippen LogP contribution in [0.4, 0.5) is 0 Å². The fraction of sp³-hybridized carbons (Fsp3) is 0.286. The topological polar surface area (TPSA) is 78.9 Å². The van der Waals surface area contributed by atoms with Crippen molar-refractivity contribution in [2.75, 3.05) is 0 Å². The molecular weight excluding hydrogens is 626 g/mol. The third kappa shape index (κ3) is 6.46. The number of hydroxylamine groups is 1. The molecule has 4 rings (SSSR count). The van der Waals surface area contributed by atoms with E-state index in [-0.39, 0.29) is 5.91 Å². The Kier molecular flexibility index (Phi) is 9.47. The average molecular weight is 653 g/mol. The molecule has 2 amide bonds. The van der Waals surface area contributed by atoms with E-state index in [1.165, 1.54) is 0 Å². The van der Waals surface area contributed by atoms with Gasteiger partial charge >= 0.3 is 0 Å². The van der Waals surface area contributed by atoms with Crippen molar-refractivity contribution in [2.24, 2.45) is 0 Å². The third-order valence-electron chi connectivity index (χ3n) is 6.48. The molecule has 2 N–H and O–H groups in total. The molecule has 0 bridgehead atoms. The first-order valence-electron chi connectivity index (χ1n) is 12.0. The van der Waals surface area contributed by atoms with E-state index in [2.05, 4.69) is 22.6 Å². The SMILES string of the molecule is CCC[C@@H](C(=O)NO)N1C(=O)[C@@H](Cc2ccc(I)cc2)O[C@H](c2ccc(Cl)cc2)[C@@H]1c1ccc(Cl)cc1. The third-order valence-corrected chi connectivity index (χ3v) is 7.71. The first-order chi connectivity index (χ1) is 17.8. The Bertz CT molecular complexity index is 1220. The van der Waals surface area contributed by atoms with Gasteiger partial charge in [0, 0.05) is 20.0 Å². The maximum atomic E-state index is 14.1. The van der Waals surface area contributed by atoms with E-state index in [0.29, 0.717) is 29.3 Å². The largest absolute Gasteiger partial charge is 0.358 e. The summed E-state index contributed by atoms with van der Waals surface area (Å²) >= 11 is 14.6. The number of nitrogens with one attached hydrogen (secondary N) is 1. The zero-order chi connectivity index (χ0) is 26.5. The summed E-state index contributed by atoms with van der Waals surface area (Å²) in [4.78, 5) is 28.6. The molecule has 4 atom stereocenters. The molecule has 9 heteroatoms. The summed E-state index contributed by atoms with van der Waals surface area (Å²) in [6.45, 7) is 1.93. The zero-order valence-electron chi connectivity index (χ0n) is 20.1. The van der Waals surface area contributed by atoms with Gasteiger partial charge in [0.15, 0.2) is 0 Å². The summed E-state index contributed by atoms with van der Waals surface area (Å²) in [6, 6.07) is 20.8. The molecule has 3 aromatic carbocycles. The lowest BCUT2D eigenvalue weighted by Crippen LogP contribution is -2.58. The Balaban J connectivity index is 1.85. The lowest BCUT2D eigenvalue weighted by atomic mass is 9.88. The van der Waals surface area contributed by atoms with Crippen LogP contribution >= 0.6 is 45.8 Å². The van der Waals surface area contributed by atoms with Crippen LogP contribution in [0.15, 0.2) is 72.8 Å². The number of hydrogen-bond donors (Lipinski definition) is 2. The first kappa shape index (κ1) is 27.9. The summed E-state index contributed by atoms with van der Waals surface area (Å²) in [6.07, 6.45) is -0.107. The highest BCUT2D eigenvalue weighted by atomic mass is 127. The van der Waals surface area contributed by atoms with Crippen LogP contribution in [-0.4, -0.2) is 34.1 Å². The molecule has 1 fully saturated rings. The minimum absolute atomic E-state index is 0.314. The first-order valence-corrected chi connectivity index (χ1v) is 13.8. The molecule has 0 aromatic heterocycles. The number of carbonyl (C=O) groups is 2. The maximum Gasteiger partial charge on any atom is 0.266 e. The molecular formula is C28H27Cl2IN2O4. The molecule has 1 heterocycles. The van der Waals surface area contributed by atoms with Gasteiger partial charge in [-0.15, -0.1) is 0 Å². The monoisotopic (exact) mass is 652 g/mol. The van der Waals surface area contributed by atoms with E-state index in [9.17, 15) is 14.8 Å². The number of halogens is 3. The van der Waals surface area contributed by atoms with Crippen molar-refractivity contribution in [1.29, 1.82) is 0 Å². The number of morpholine rings is 1. The van der Waals surface area contributed by atoms with Gasteiger partial charge in [-0.25, -0.2) is 5.48 Å². The van der Waals surface area contributed by atoms with Crippen molar-refractivity contribution in [2.45, 2.75) is 50.5 Å². The quantitative estimate of drug-likeness (QED) is 0.165. The number of ether oxygens (including phenoxy) is 1. The highest BCUT2D eigenvalue weighted by Gasteiger charge is 2.48. The van der Waals surface area contributed by atoms with Crippen molar-refractivity contribution in [3.05, 3.63) is 103 Å². The molecule has 37 heavy (non-hydrogen) atoms. The van der Waals surface area contributed by atoms with Crippen molar-refractivity contribution >= 4 is 57.6 Å². The van der Waals surface area contributed by atoms with Gasteiger partial charge in [-0.3, -0.25) is 14.8 Å². The molecule has 194 valence electrons. The molecule has 1 aliphatic heterocycles. The van der Waals surface area contributed by atoms with Crippen LogP contribution < -0.4 is 5.48 Å². The van der Waals surface area contributed by atoms with E-state index in [1.807, 2.05) is 55.5 Å². The van der Waals surface area contributed by atoms with Crippen LogP contribution in [0, 0.1) is 3.57 Å². The van der Waals surface area contributed by atoms with Crippen LogP contribution in [0.25, 0.3) is 0 Å². The van der Waals surface area contributed by atoms with Gasteiger partial charge in [-0.2, -0.15) is 0 Å². The molecule has 3 aromatic rings. The molecule has 6 nitrogen and oxygen atoms in total. The second-order valence-corrected chi connectivity index (χ2v) is 11.1. The molecule has 0 aliphatic carbocycles. The lowest BCUT2D eigenvalue weighted by Gasteiger charge is -2.47. The number of nitrogens with zero attached hydrogens (tertiary/aromatic N) is 1. The minimum atomic E-state index is -0.902. The number of amides is 2. The van der Waals surface area contributed by atoms with Crippen LogP contribution in [0.2, 0.25) is 10.0 Å². The summed E-state index contributed by atoms with van der Waals surface area (Å²) in [5.41, 5.74) is 4.29. The highest BCUT2D eigenvalue weighted by molar-refractivity contribution is 14.1. The molecule has 1 saturated heterocycles. The number of carbonyl (C=O) groups excluding carboxylic acids is 2. The number of rotatable bonds is 8. The van der Waals surface area contributed by atoms with Crippen LogP contribution in [0.1, 0.15) is 48.6 Å². The minimum Gasteiger partial charge on any atom is -0.358 e. The smallest absolute Gasteiger partial charge is 0.266 e. The van der Waals surface area contributed by atoms with Gasteiger partial charge in [0.25, 0.3) is 11.8 Å². The maximum absolute atomic E-state index is 14.1. The van der Waals surface area contributed by atoms with E-state index in [0.717, 1.165) is 20.3 Å². The van der Waals surface area contributed by atoms with Crippen LogP contribution in [-0.2, 0) is 20.7 Å². The van der Waals surface area contributed by atoms with Crippen molar-refractivity contribution < 1.29 is 19.5 Å². The van der Waals surface area contributed by atoms with E-state index in [1.54, 1.807) is 34.6 Å². The molecule has 0 saturated carbocycles. The van der Waals surface area contributed by atoms with E-state index < -0.39 is 30.2 Å². The van der Waals surface area contributed by atoms with E-state index >= 15 is 0 Å². The normalized spacial score (nSPS) is 20.5. The standard InChI is InChI=1S/C28H27Cl2IN2O4/c1-2-3-23(27(34)32-36)33-25(18-6-10-20(29)11-7-18)26(19-8-12-21(30)13-9-19)37-24(28(33)35)16-17-4-14-22(31)15-5-17/h4-15,23-26,36H,2-3,16H2,1H3,(H,32,34)/t23-,24+,25-,26+/m0/s1. The van der Waals surface area contributed by atoms with Gasteiger partial charge in [0.05, 0.1) is 6.04 Å². The Morgan fingerprint density at radius 2 is 1.57 bits per heavy atom. The lowest BCUT2D eigenvalue weighted by molar-refractivity contribution is -0.182. The Hall–Kier alpha value is -2.17.